The van der Waals surface area contributed by atoms with Crippen molar-refractivity contribution < 1.29 is 0 Å². The van der Waals surface area contributed by atoms with E-state index in [0.29, 0.717) is 12.0 Å². The molecule has 1 heterocycles. The van der Waals surface area contributed by atoms with Gasteiger partial charge in [-0.1, -0.05) is 33.1 Å². The molecule has 2 atom stereocenters. The number of hydrogen-bond donors (Lipinski definition) is 3. The number of nitrogens with zero attached hydrogens (tertiary/aromatic N) is 2. The Labute approximate surface area is 121 Å². The lowest BCUT2D eigenvalue weighted by molar-refractivity contribution is 0.317. The molecular weight excluding hydrogens is 250 g/mol. The molecule has 1 aromatic rings. The number of anilines is 3. The highest BCUT2D eigenvalue weighted by atomic mass is 15.1. The lowest BCUT2D eigenvalue weighted by Gasteiger charge is -2.32. The van der Waals surface area contributed by atoms with E-state index in [1.165, 1.54) is 32.1 Å². The molecule has 1 fully saturated rings. The summed E-state index contributed by atoms with van der Waals surface area (Å²) in [5.74, 6) is 2.73. The largest absolute Gasteiger partial charge is 0.370 e. The minimum atomic E-state index is 0.331. The molecule has 20 heavy (non-hydrogen) atoms. The van der Waals surface area contributed by atoms with Crippen molar-refractivity contribution in [1.29, 1.82) is 0 Å². The summed E-state index contributed by atoms with van der Waals surface area (Å²) in [6.07, 6.45) is 7.48. The molecule has 5 nitrogen and oxygen atoms in total. The summed E-state index contributed by atoms with van der Waals surface area (Å²) in [5, 5.41) is 6.84. The third kappa shape index (κ3) is 3.99. The van der Waals surface area contributed by atoms with Crippen LogP contribution in [-0.2, 0) is 0 Å². The van der Waals surface area contributed by atoms with Crippen LogP contribution in [0.3, 0.4) is 0 Å². The first-order chi connectivity index (χ1) is 9.72. The highest BCUT2D eigenvalue weighted by Gasteiger charge is 2.23. The summed E-state index contributed by atoms with van der Waals surface area (Å²) in [6, 6.07) is 2.48. The summed E-state index contributed by atoms with van der Waals surface area (Å²) in [7, 11) is 0. The van der Waals surface area contributed by atoms with E-state index >= 15 is 0 Å². The highest BCUT2D eigenvalue weighted by Crippen LogP contribution is 2.29. The lowest BCUT2D eigenvalue weighted by atomic mass is 9.83. The number of aromatic nitrogens is 2. The fraction of sp³-hybridized carbons (Fsp3) is 0.733. The Bertz CT molecular complexity index is 421. The Hall–Kier alpha value is -1.52. The van der Waals surface area contributed by atoms with Crippen LogP contribution in [-0.4, -0.2) is 22.6 Å². The van der Waals surface area contributed by atoms with Gasteiger partial charge in [-0.05, 0) is 25.2 Å². The topological polar surface area (TPSA) is 75.9 Å². The van der Waals surface area contributed by atoms with Crippen molar-refractivity contribution in [2.24, 2.45) is 5.92 Å². The maximum absolute atomic E-state index is 5.80. The fourth-order valence-corrected chi connectivity index (χ4v) is 2.96. The molecular formula is C15H27N5. The Balaban J connectivity index is 2.05. The van der Waals surface area contributed by atoms with Crippen molar-refractivity contribution >= 4 is 17.6 Å². The number of nitrogen functional groups attached to an aromatic ring is 1. The first kappa shape index (κ1) is 14.9. The van der Waals surface area contributed by atoms with Gasteiger partial charge in [0.2, 0.25) is 5.95 Å². The van der Waals surface area contributed by atoms with E-state index in [0.717, 1.165) is 30.5 Å². The molecule has 112 valence electrons. The molecule has 1 saturated carbocycles. The van der Waals surface area contributed by atoms with E-state index in [2.05, 4.69) is 34.4 Å². The predicted octanol–water partition coefficient (Wildman–Crippen LogP) is 3.26. The van der Waals surface area contributed by atoms with E-state index in [1.807, 2.05) is 6.07 Å². The van der Waals surface area contributed by atoms with Crippen molar-refractivity contribution in [3.05, 3.63) is 6.07 Å². The summed E-state index contributed by atoms with van der Waals surface area (Å²) in [5.41, 5.74) is 5.80. The number of nitrogens with one attached hydrogen (secondary N) is 2. The summed E-state index contributed by atoms with van der Waals surface area (Å²) < 4.78 is 0. The van der Waals surface area contributed by atoms with Crippen molar-refractivity contribution in [2.45, 2.75) is 58.4 Å². The quantitative estimate of drug-likeness (QED) is 0.744. The van der Waals surface area contributed by atoms with Gasteiger partial charge in [0.05, 0.1) is 0 Å². The molecule has 4 N–H and O–H groups in total. The van der Waals surface area contributed by atoms with Gasteiger partial charge in [0.25, 0.3) is 0 Å². The van der Waals surface area contributed by atoms with Crippen molar-refractivity contribution in [1.82, 2.24) is 9.97 Å². The summed E-state index contributed by atoms with van der Waals surface area (Å²) in [4.78, 5) is 8.54. The third-order valence-electron chi connectivity index (χ3n) is 4.07. The smallest absolute Gasteiger partial charge is 0.223 e. The van der Waals surface area contributed by atoms with Gasteiger partial charge in [0.1, 0.15) is 11.6 Å². The number of nitrogens with two attached hydrogens (primary N) is 1. The molecule has 0 aliphatic heterocycles. The van der Waals surface area contributed by atoms with E-state index < -0.39 is 0 Å². The fourth-order valence-electron chi connectivity index (χ4n) is 2.96. The van der Waals surface area contributed by atoms with Crippen LogP contribution in [0.25, 0.3) is 0 Å². The van der Waals surface area contributed by atoms with Gasteiger partial charge in [-0.3, -0.25) is 0 Å². The van der Waals surface area contributed by atoms with Crippen molar-refractivity contribution in [3.63, 3.8) is 0 Å². The molecule has 5 heteroatoms. The van der Waals surface area contributed by atoms with Crippen LogP contribution in [0.15, 0.2) is 6.07 Å². The van der Waals surface area contributed by atoms with Gasteiger partial charge in [-0.25, -0.2) is 0 Å². The van der Waals surface area contributed by atoms with Gasteiger partial charge < -0.3 is 16.4 Å². The molecule has 2 unspecified atom stereocenters. The van der Waals surface area contributed by atoms with E-state index in [1.54, 1.807) is 0 Å². The predicted molar refractivity (Wildman–Crippen MR) is 84.9 cm³/mol. The summed E-state index contributed by atoms with van der Waals surface area (Å²) >= 11 is 0. The normalized spacial score (nSPS) is 22.5. The monoisotopic (exact) mass is 277 g/mol. The van der Waals surface area contributed by atoms with Gasteiger partial charge in [0.15, 0.2) is 0 Å². The Morgan fingerprint density at radius 3 is 2.70 bits per heavy atom. The Morgan fingerprint density at radius 2 is 1.95 bits per heavy atom. The van der Waals surface area contributed by atoms with Crippen LogP contribution in [0.5, 0.6) is 0 Å². The van der Waals surface area contributed by atoms with E-state index in [9.17, 15) is 0 Å². The van der Waals surface area contributed by atoms with Gasteiger partial charge in [-0.2, -0.15) is 9.97 Å². The molecule has 0 aromatic carbocycles. The zero-order chi connectivity index (χ0) is 14.4. The second-order valence-corrected chi connectivity index (χ2v) is 5.63. The van der Waals surface area contributed by atoms with Crippen LogP contribution >= 0.6 is 0 Å². The Morgan fingerprint density at radius 1 is 1.20 bits per heavy atom. The minimum Gasteiger partial charge on any atom is -0.370 e. The van der Waals surface area contributed by atoms with Gasteiger partial charge >= 0.3 is 0 Å². The molecule has 2 rings (SSSR count). The number of rotatable bonds is 6. The first-order valence-corrected chi connectivity index (χ1v) is 7.87. The molecule has 0 bridgehead atoms. The zero-order valence-corrected chi connectivity index (χ0v) is 12.7. The SMILES string of the molecule is CCCNc1cc(NC2CCCCC2CC)nc(N)n1. The lowest BCUT2D eigenvalue weighted by Crippen LogP contribution is -2.32. The molecule has 0 spiro atoms. The maximum Gasteiger partial charge on any atom is 0.223 e. The van der Waals surface area contributed by atoms with Crippen LogP contribution in [0.1, 0.15) is 52.4 Å². The second-order valence-electron chi connectivity index (χ2n) is 5.63. The molecule has 1 aliphatic carbocycles. The van der Waals surface area contributed by atoms with Gasteiger partial charge in [-0.15, -0.1) is 0 Å². The summed E-state index contributed by atoms with van der Waals surface area (Å²) in [6.45, 7) is 5.30. The van der Waals surface area contributed by atoms with Crippen molar-refractivity contribution in [2.75, 3.05) is 22.9 Å². The molecule has 0 radical (unpaired) electrons. The molecule has 0 amide bonds. The highest BCUT2D eigenvalue weighted by molar-refractivity contribution is 5.51. The molecule has 0 saturated heterocycles. The van der Waals surface area contributed by atoms with Crippen LogP contribution in [0.4, 0.5) is 17.6 Å². The van der Waals surface area contributed by atoms with E-state index in [4.69, 9.17) is 5.73 Å². The Kier molecular flexibility index (Phi) is 5.44. The minimum absolute atomic E-state index is 0.331. The maximum atomic E-state index is 5.80. The van der Waals surface area contributed by atoms with Crippen molar-refractivity contribution in [3.8, 4) is 0 Å². The molecule has 1 aromatic heterocycles. The van der Waals surface area contributed by atoms with Gasteiger partial charge in [0, 0.05) is 18.7 Å². The van der Waals surface area contributed by atoms with E-state index in [-0.39, 0.29) is 0 Å². The zero-order valence-electron chi connectivity index (χ0n) is 12.7. The first-order valence-electron chi connectivity index (χ1n) is 7.87. The van der Waals surface area contributed by atoms with Crippen LogP contribution in [0.2, 0.25) is 0 Å². The second kappa shape index (κ2) is 7.31. The molecule has 1 aliphatic rings. The average molecular weight is 277 g/mol. The van der Waals surface area contributed by atoms with Crippen LogP contribution < -0.4 is 16.4 Å². The third-order valence-corrected chi connectivity index (χ3v) is 4.07. The average Bonchev–Trinajstić information content (AvgIpc) is 2.45. The number of hydrogen-bond acceptors (Lipinski definition) is 5. The standard InChI is InChI=1S/C15H27N5/c1-3-9-17-13-10-14(20-15(16)19-13)18-12-8-6-5-7-11(12)4-2/h10-12H,3-9H2,1-2H3,(H4,16,17,18,19,20). The van der Waals surface area contributed by atoms with Crippen LogP contribution in [0, 0.1) is 5.92 Å².